The van der Waals surface area contributed by atoms with Crippen LogP contribution in [0.5, 0.6) is 11.5 Å². The van der Waals surface area contributed by atoms with Gasteiger partial charge >= 0.3 is 0 Å². The minimum atomic E-state index is -0.432. The molecule has 0 aliphatic rings. The number of fused-ring (bicyclic) bond motifs is 1. The van der Waals surface area contributed by atoms with E-state index in [2.05, 4.69) is 16.7 Å². The van der Waals surface area contributed by atoms with Crippen molar-refractivity contribution in [3.63, 3.8) is 0 Å². The first-order chi connectivity index (χ1) is 12.0. The molecule has 0 amide bonds. The Labute approximate surface area is 146 Å². The Bertz CT molecular complexity index is 1120. The third kappa shape index (κ3) is 3.29. The maximum atomic E-state index is 12.4. The third-order valence-electron chi connectivity index (χ3n) is 3.38. The highest BCUT2D eigenvalue weighted by molar-refractivity contribution is 7.15. The summed E-state index contributed by atoms with van der Waals surface area (Å²) in [6.45, 7) is 5.49. The van der Waals surface area contributed by atoms with Crippen LogP contribution < -0.4 is 25.1 Å². The largest absolute Gasteiger partial charge is 0.493 e. The second-order valence-corrected chi connectivity index (χ2v) is 6.13. The number of methoxy groups -OCH3 is 1. The monoisotopic (exact) mass is 357 g/mol. The van der Waals surface area contributed by atoms with Crippen LogP contribution in [0.2, 0.25) is 0 Å². The van der Waals surface area contributed by atoms with Gasteiger partial charge in [-0.2, -0.15) is 14.6 Å². The van der Waals surface area contributed by atoms with E-state index in [1.807, 2.05) is 0 Å². The molecule has 2 aromatic heterocycles. The Balaban J connectivity index is 2.10. The van der Waals surface area contributed by atoms with Crippen molar-refractivity contribution in [1.82, 2.24) is 14.6 Å². The molecular weight excluding hydrogens is 342 g/mol. The lowest BCUT2D eigenvalue weighted by molar-refractivity contribution is 0.326. The molecule has 3 aromatic rings. The number of benzene rings is 1. The minimum Gasteiger partial charge on any atom is -0.493 e. The van der Waals surface area contributed by atoms with E-state index in [1.54, 1.807) is 37.5 Å². The fourth-order valence-corrected chi connectivity index (χ4v) is 3.08. The fourth-order valence-electron chi connectivity index (χ4n) is 2.18. The van der Waals surface area contributed by atoms with Crippen molar-refractivity contribution in [2.45, 2.75) is 6.92 Å². The lowest BCUT2D eigenvalue weighted by Crippen LogP contribution is -2.27. The summed E-state index contributed by atoms with van der Waals surface area (Å²) in [5, 5.41) is 3.98. The molecule has 1 aromatic carbocycles. The quantitative estimate of drug-likeness (QED) is 0.632. The Morgan fingerprint density at radius 3 is 2.84 bits per heavy atom. The van der Waals surface area contributed by atoms with E-state index < -0.39 is 5.56 Å². The van der Waals surface area contributed by atoms with Crippen LogP contribution in [0.4, 0.5) is 0 Å². The topological polar surface area (TPSA) is 82.8 Å². The van der Waals surface area contributed by atoms with Crippen molar-refractivity contribution in [3.8, 4) is 11.5 Å². The van der Waals surface area contributed by atoms with Crippen LogP contribution in [-0.4, -0.2) is 28.3 Å². The third-order valence-corrected chi connectivity index (χ3v) is 4.34. The van der Waals surface area contributed by atoms with Crippen LogP contribution in [0.1, 0.15) is 11.3 Å². The highest BCUT2D eigenvalue weighted by atomic mass is 32.1. The predicted molar refractivity (Wildman–Crippen MR) is 95.6 cm³/mol. The summed E-state index contributed by atoms with van der Waals surface area (Å²) in [6.07, 6.45) is 3.34. The molecule has 0 aliphatic heterocycles. The number of aromatic nitrogens is 3. The first-order valence-electron chi connectivity index (χ1n) is 7.37. The zero-order valence-electron chi connectivity index (χ0n) is 13.7. The second-order valence-electron chi connectivity index (χ2n) is 5.12. The molecule has 0 unspecified atom stereocenters. The summed E-state index contributed by atoms with van der Waals surface area (Å²) in [5.41, 5.74) is 0.190. The zero-order valence-corrected chi connectivity index (χ0v) is 14.5. The number of thiazole rings is 1. The van der Waals surface area contributed by atoms with Gasteiger partial charge in [0.1, 0.15) is 12.3 Å². The lowest BCUT2D eigenvalue weighted by atomic mass is 10.2. The molecule has 25 heavy (non-hydrogen) atoms. The Morgan fingerprint density at radius 2 is 2.12 bits per heavy atom. The van der Waals surface area contributed by atoms with Crippen molar-refractivity contribution in [2.24, 2.45) is 0 Å². The number of aryl methyl sites for hydroxylation is 1. The standard InChI is InChI=1S/C17H15N3O4S/c1-4-7-24-12-6-5-11(8-13(12)23-3)9-14-16(22)20-17(25-14)18-15(21)10(2)19-20/h4-6,8-9H,1,7H2,2-3H3/b14-9-. The fraction of sp³-hybridized carbons (Fsp3) is 0.176. The molecule has 0 atom stereocenters. The maximum Gasteiger partial charge on any atom is 0.295 e. The van der Waals surface area contributed by atoms with Gasteiger partial charge in [0.05, 0.1) is 11.6 Å². The number of nitrogens with zero attached hydrogens (tertiary/aromatic N) is 3. The SMILES string of the molecule is C=CCOc1ccc(/C=c2\sc3nc(=O)c(C)nn3c2=O)cc1OC. The maximum absolute atomic E-state index is 12.4. The van der Waals surface area contributed by atoms with E-state index in [-0.39, 0.29) is 16.2 Å². The van der Waals surface area contributed by atoms with Crippen LogP contribution in [-0.2, 0) is 0 Å². The van der Waals surface area contributed by atoms with E-state index in [9.17, 15) is 9.59 Å². The van der Waals surface area contributed by atoms with Crippen molar-refractivity contribution in [3.05, 3.63) is 67.4 Å². The Kier molecular flexibility index (Phi) is 4.62. The Hall–Kier alpha value is -3.00. The molecular formula is C17H15N3O4S. The van der Waals surface area contributed by atoms with Crippen LogP contribution in [0.3, 0.4) is 0 Å². The van der Waals surface area contributed by atoms with E-state index in [4.69, 9.17) is 9.47 Å². The molecule has 8 heteroatoms. The second kappa shape index (κ2) is 6.86. The van der Waals surface area contributed by atoms with Crippen molar-refractivity contribution >= 4 is 22.4 Å². The molecule has 0 bridgehead atoms. The molecule has 0 fully saturated rings. The van der Waals surface area contributed by atoms with Gasteiger partial charge < -0.3 is 9.47 Å². The number of rotatable bonds is 5. The van der Waals surface area contributed by atoms with Gasteiger partial charge in [0.25, 0.3) is 11.1 Å². The van der Waals surface area contributed by atoms with Crippen LogP contribution in [0.15, 0.2) is 40.4 Å². The first kappa shape index (κ1) is 16.8. The van der Waals surface area contributed by atoms with E-state index in [1.165, 1.54) is 6.92 Å². The Morgan fingerprint density at radius 1 is 1.32 bits per heavy atom. The molecule has 128 valence electrons. The number of hydrogen-bond donors (Lipinski definition) is 0. The van der Waals surface area contributed by atoms with Crippen molar-refractivity contribution in [2.75, 3.05) is 13.7 Å². The van der Waals surface area contributed by atoms with Crippen LogP contribution in [0, 0.1) is 6.92 Å². The predicted octanol–water partition coefficient (Wildman–Crippen LogP) is 0.941. The summed E-state index contributed by atoms with van der Waals surface area (Å²) in [5.74, 6) is 1.13. The summed E-state index contributed by atoms with van der Waals surface area (Å²) < 4.78 is 12.4. The lowest BCUT2D eigenvalue weighted by Gasteiger charge is -2.09. The average Bonchev–Trinajstić information content (AvgIpc) is 2.89. The van der Waals surface area contributed by atoms with Crippen molar-refractivity contribution < 1.29 is 9.47 Å². The average molecular weight is 357 g/mol. The van der Waals surface area contributed by atoms with Gasteiger partial charge in [-0.15, -0.1) is 0 Å². The highest BCUT2D eigenvalue weighted by Crippen LogP contribution is 2.28. The smallest absolute Gasteiger partial charge is 0.295 e. The summed E-state index contributed by atoms with van der Waals surface area (Å²) in [6, 6.07) is 5.33. The normalized spacial score (nSPS) is 11.7. The van der Waals surface area contributed by atoms with Crippen molar-refractivity contribution in [1.29, 1.82) is 0 Å². The van der Waals surface area contributed by atoms with Gasteiger partial charge in [0.2, 0.25) is 4.96 Å². The van der Waals surface area contributed by atoms with Gasteiger partial charge in [-0.05, 0) is 30.7 Å². The molecule has 2 heterocycles. The molecule has 7 nitrogen and oxygen atoms in total. The minimum absolute atomic E-state index is 0.185. The van der Waals surface area contributed by atoms with Gasteiger partial charge in [0.15, 0.2) is 11.5 Å². The molecule has 0 N–H and O–H groups in total. The molecule has 0 radical (unpaired) electrons. The van der Waals surface area contributed by atoms with Gasteiger partial charge in [-0.1, -0.05) is 30.1 Å². The first-order valence-corrected chi connectivity index (χ1v) is 8.19. The van der Waals surface area contributed by atoms with Gasteiger partial charge in [-0.3, -0.25) is 9.59 Å². The van der Waals surface area contributed by atoms with Crippen LogP contribution >= 0.6 is 11.3 Å². The van der Waals surface area contributed by atoms with E-state index in [0.29, 0.717) is 22.6 Å². The highest BCUT2D eigenvalue weighted by Gasteiger charge is 2.09. The van der Waals surface area contributed by atoms with Gasteiger partial charge in [0, 0.05) is 0 Å². The molecule has 3 rings (SSSR count). The summed E-state index contributed by atoms with van der Waals surface area (Å²) >= 11 is 1.11. The molecule has 0 aliphatic carbocycles. The van der Waals surface area contributed by atoms with E-state index in [0.717, 1.165) is 21.4 Å². The summed E-state index contributed by atoms with van der Waals surface area (Å²) in [7, 11) is 1.54. The molecule has 0 spiro atoms. The summed E-state index contributed by atoms with van der Waals surface area (Å²) in [4.78, 5) is 28.2. The van der Waals surface area contributed by atoms with E-state index >= 15 is 0 Å². The van der Waals surface area contributed by atoms with Crippen LogP contribution in [0.25, 0.3) is 11.0 Å². The molecule has 0 saturated carbocycles. The molecule has 0 saturated heterocycles. The number of ether oxygens (including phenoxy) is 2. The number of hydrogen-bond acceptors (Lipinski definition) is 7. The van der Waals surface area contributed by atoms with Gasteiger partial charge in [-0.25, -0.2) is 0 Å². The zero-order chi connectivity index (χ0) is 18.0.